The molecular weight excluding hydrogens is 493 g/mol. The molecule has 4 nitrogen and oxygen atoms in total. The first kappa shape index (κ1) is 24.8. The van der Waals surface area contributed by atoms with Gasteiger partial charge in [-0.05, 0) is 80.8 Å². The molecule has 1 unspecified atom stereocenters. The zero-order chi connectivity index (χ0) is 24.5. The molecule has 0 bridgehead atoms. The van der Waals surface area contributed by atoms with E-state index in [1.165, 1.54) is 11.0 Å². The highest BCUT2D eigenvalue weighted by Crippen LogP contribution is 2.45. The Morgan fingerprint density at radius 1 is 1.03 bits per heavy atom. The first-order chi connectivity index (χ1) is 16.9. The van der Waals surface area contributed by atoms with Crippen LogP contribution in [-0.4, -0.2) is 54.7 Å². The number of hydrogen-bond donors (Lipinski definition) is 0. The number of carbonyl (C=O) groups excluding carboxylic acids is 1. The molecule has 3 aliphatic rings. The van der Waals surface area contributed by atoms with Crippen LogP contribution in [0.25, 0.3) is 0 Å². The van der Waals surface area contributed by atoms with Crippen LogP contribution in [0.5, 0.6) is 5.75 Å². The van der Waals surface area contributed by atoms with Gasteiger partial charge in [0.15, 0.2) is 0 Å². The van der Waals surface area contributed by atoms with Crippen molar-refractivity contribution in [1.29, 1.82) is 0 Å². The largest absolute Gasteiger partial charge is 0.493 e. The lowest BCUT2D eigenvalue weighted by atomic mass is 9.97. The quantitative estimate of drug-likeness (QED) is 0.416. The second kappa shape index (κ2) is 10.6. The summed E-state index contributed by atoms with van der Waals surface area (Å²) in [4.78, 5) is 16.5. The summed E-state index contributed by atoms with van der Waals surface area (Å²) in [6, 6.07) is 8.58. The average molecular weight is 523 g/mol. The van der Waals surface area contributed by atoms with Crippen molar-refractivity contribution in [3.05, 3.63) is 62.9 Å². The Bertz CT molecular complexity index is 1070. The van der Waals surface area contributed by atoms with Crippen LogP contribution in [-0.2, 0) is 6.54 Å². The summed E-state index contributed by atoms with van der Waals surface area (Å²) in [5, 5.41) is 1.38. The van der Waals surface area contributed by atoms with Crippen molar-refractivity contribution in [2.75, 3.05) is 32.8 Å². The van der Waals surface area contributed by atoms with Crippen molar-refractivity contribution in [2.45, 2.75) is 50.7 Å². The molecule has 35 heavy (non-hydrogen) atoms. The van der Waals surface area contributed by atoms with E-state index in [1.54, 1.807) is 6.07 Å². The maximum atomic E-state index is 15.0. The molecule has 1 saturated carbocycles. The summed E-state index contributed by atoms with van der Waals surface area (Å²) >= 11 is 12.6. The highest BCUT2D eigenvalue weighted by atomic mass is 35.5. The minimum atomic E-state index is -1.03. The van der Waals surface area contributed by atoms with E-state index in [0.717, 1.165) is 56.4 Å². The van der Waals surface area contributed by atoms with Crippen LogP contribution < -0.4 is 4.74 Å². The molecule has 1 atom stereocenters. The predicted octanol–water partition coefficient (Wildman–Crippen LogP) is 6.48. The molecule has 0 spiro atoms. The summed E-state index contributed by atoms with van der Waals surface area (Å²) in [5.74, 6) is 0.184. The Balaban J connectivity index is 1.19. The lowest BCUT2D eigenvalue weighted by molar-refractivity contribution is 0.0778. The molecule has 2 aliphatic heterocycles. The molecule has 3 fully saturated rings. The summed E-state index contributed by atoms with van der Waals surface area (Å²) in [5.41, 5.74) is 1.89. The van der Waals surface area contributed by atoms with Gasteiger partial charge in [0.1, 0.15) is 17.7 Å². The van der Waals surface area contributed by atoms with Gasteiger partial charge in [0.05, 0.1) is 18.7 Å². The number of likely N-dealkylation sites (tertiary alicyclic amines) is 2. The van der Waals surface area contributed by atoms with Crippen LogP contribution >= 0.6 is 23.2 Å². The number of nitrogens with zero attached hydrogens (tertiary/aromatic N) is 2. The van der Waals surface area contributed by atoms with E-state index in [0.29, 0.717) is 47.2 Å². The SMILES string of the molecule is O=C(c1cc(C2CC2)c(OCC2CCN(Cc3c(Cl)cccc3Cl)CC2)cc1F)N1CCC(F)C1. The first-order valence-corrected chi connectivity index (χ1v) is 13.2. The van der Waals surface area contributed by atoms with E-state index in [-0.39, 0.29) is 12.1 Å². The number of amides is 1. The Kier molecular flexibility index (Phi) is 7.52. The number of alkyl halides is 1. The molecular formula is C27H30Cl2F2N2O2. The number of carbonyl (C=O) groups is 1. The van der Waals surface area contributed by atoms with Gasteiger partial charge in [-0.3, -0.25) is 9.69 Å². The summed E-state index contributed by atoms with van der Waals surface area (Å²) < 4.78 is 34.7. The van der Waals surface area contributed by atoms with Crippen LogP contribution in [0, 0.1) is 11.7 Å². The molecule has 8 heteroatoms. The molecule has 2 aromatic rings. The number of halogens is 4. The van der Waals surface area contributed by atoms with Gasteiger partial charge < -0.3 is 9.64 Å². The number of ether oxygens (including phenoxy) is 1. The van der Waals surface area contributed by atoms with Crippen molar-refractivity contribution in [3.8, 4) is 5.75 Å². The zero-order valence-electron chi connectivity index (χ0n) is 19.6. The highest BCUT2D eigenvalue weighted by Gasteiger charge is 2.33. The fraction of sp³-hybridized carbons (Fsp3) is 0.519. The molecule has 2 heterocycles. The monoisotopic (exact) mass is 522 g/mol. The van der Waals surface area contributed by atoms with E-state index in [1.807, 2.05) is 18.2 Å². The first-order valence-electron chi connectivity index (χ1n) is 12.4. The summed E-state index contributed by atoms with van der Waals surface area (Å²) in [7, 11) is 0. The second-order valence-electron chi connectivity index (χ2n) is 10.0. The zero-order valence-corrected chi connectivity index (χ0v) is 21.1. The molecule has 1 amide bonds. The minimum absolute atomic E-state index is 0.0277. The number of piperidine rings is 1. The van der Waals surface area contributed by atoms with Crippen LogP contribution in [0.15, 0.2) is 30.3 Å². The fourth-order valence-electron chi connectivity index (χ4n) is 5.07. The van der Waals surface area contributed by atoms with E-state index >= 15 is 0 Å². The third-order valence-corrected chi connectivity index (χ3v) is 8.10. The van der Waals surface area contributed by atoms with E-state index in [2.05, 4.69) is 4.90 Å². The molecule has 0 aromatic heterocycles. The number of rotatable bonds is 7. The third-order valence-electron chi connectivity index (χ3n) is 7.39. The number of benzene rings is 2. The van der Waals surface area contributed by atoms with Crippen molar-refractivity contribution in [3.63, 3.8) is 0 Å². The summed E-state index contributed by atoms with van der Waals surface area (Å²) in [6.07, 6.45) is 3.25. The molecule has 2 aromatic carbocycles. The Morgan fingerprint density at radius 2 is 1.74 bits per heavy atom. The molecule has 188 valence electrons. The maximum Gasteiger partial charge on any atom is 0.256 e. The lowest BCUT2D eigenvalue weighted by Crippen LogP contribution is -2.35. The van der Waals surface area contributed by atoms with Gasteiger partial charge in [-0.2, -0.15) is 0 Å². The van der Waals surface area contributed by atoms with Crippen molar-refractivity contribution in [2.24, 2.45) is 5.92 Å². The number of hydrogen-bond acceptors (Lipinski definition) is 3. The standard InChI is InChI=1S/C27H30Cl2F2N2O2/c28-23-2-1-3-24(29)22(23)15-32-9-6-17(7-10-32)16-35-26-13-25(31)21(12-20(26)18-4-5-18)27(34)33-11-8-19(30)14-33/h1-3,12-13,17-19H,4-11,14-16H2. The maximum absolute atomic E-state index is 15.0. The minimum Gasteiger partial charge on any atom is -0.493 e. The van der Waals surface area contributed by atoms with Crippen LogP contribution in [0.4, 0.5) is 8.78 Å². The Morgan fingerprint density at radius 3 is 2.37 bits per heavy atom. The van der Waals surface area contributed by atoms with Crippen LogP contribution in [0.3, 0.4) is 0 Å². The van der Waals surface area contributed by atoms with Crippen molar-refractivity contribution >= 4 is 29.1 Å². The molecule has 5 rings (SSSR count). The third kappa shape index (κ3) is 5.76. The van der Waals surface area contributed by atoms with Gasteiger partial charge in [-0.1, -0.05) is 29.3 Å². The van der Waals surface area contributed by atoms with Crippen molar-refractivity contribution in [1.82, 2.24) is 9.80 Å². The van der Waals surface area contributed by atoms with Gasteiger partial charge in [0.25, 0.3) is 5.91 Å². The normalized spacial score (nSPS) is 21.5. The summed E-state index contributed by atoms with van der Waals surface area (Å²) in [6.45, 7) is 3.44. The van der Waals surface area contributed by atoms with Gasteiger partial charge in [-0.25, -0.2) is 8.78 Å². The highest BCUT2D eigenvalue weighted by molar-refractivity contribution is 6.35. The molecule has 0 radical (unpaired) electrons. The molecule has 1 aliphatic carbocycles. The van der Waals surface area contributed by atoms with E-state index in [4.69, 9.17) is 27.9 Å². The topological polar surface area (TPSA) is 32.8 Å². The predicted molar refractivity (Wildman–Crippen MR) is 134 cm³/mol. The average Bonchev–Trinajstić information content (AvgIpc) is 3.60. The smallest absolute Gasteiger partial charge is 0.256 e. The van der Waals surface area contributed by atoms with Crippen LogP contribution in [0.2, 0.25) is 10.0 Å². The Hall–Kier alpha value is -1.89. The van der Waals surface area contributed by atoms with Crippen LogP contribution in [0.1, 0.15) is 59.5 Å². The van der Waals surface area contributed by atoms with Crippen molar-refractivity contribution < 1.29 is 18.3 Å². The lowest BCUT2D eigenvalue weighted by Gasteiger charge is -2.32. The van der Waals surface area contributed by atoms with Gasteiger partial charge in [0, 0.05) is 34.8 Å². The second-order valence-corrected chi connectivity index (χ2v) is 10.8. The van der Waals surface area contributed by atoms with E-state index < -0.39 is 17.9 Å². The van der Waals surface area contributed by atoms with Gasteiger partial charge in [-0.15, -0.1) is 0 Å². The van der Waals surface area contributed by atoms with E-state index in [9.17, 15) is 13.6 Å². The fourth-order valence-corrected chi connectivity index (χ4v) is 5.59. The Labute approximate surface area is 215 Å². The molecule has 0 N–H and O–H groups in total. The van der Waals surface area contributed by atoms with Gasteiger partial charge in [0.2, 0.25) is 0 Å². The van der Waals surface area contributed by atoms with Gasteiger partial charge >= 0.3 is 0 Å². The molecule has 2 saturated heterocycles.